The number of anilines is 1. The van der Waals surface area contributed by atoms with Crippen molar-refractivity contribution >= 4 is 17.3 Å². The van der Waals surface area contributed by atoms with E-state index in [-0.39, 0.29) is 6.04 Å². The molecule has 0 saturated carbocycles. The molecule has 1 fully saturated rings. The maximum atomic E-state index is 9.19. The lowest BCUT2D eigenvalue weighted by Gasteiger charge is -2.36. The van der Waals surface area contributed by atoms with Gasteiger partial charge in [-0.25, -0.2) is 0 Å². The first kappa shape index (κ1) is 13.2. The topological polar surface area (TPSA) is 53.0 Å². The van der Waals surface area contributed by atoms with E-state index < -0.39 is 0 Å². The molecule has 0 amide bonds. The smallest absolute Gasteiger partial charge is 0.101 e. The Labute approximate surface area is 113 Å². The zero-order chi connectivity index (χ0) is 13.1. The maximum Gasteiger partial charge on any atom is 0.101 e. The predicted molar refractivity (Wildman–Crippen MR) is 74.8 cm³/mol. The summed E-state index contributed by atoms with van der Waals surface area (Å²) in [5, 5.41) is 9.80. The van der Waals surface area contributed by atoms with Crippen molar-refractivity contribution in [2.24, 2.45) is 11.7 Å². The maximum absolute atomic E-state index is 9.19. The molecule has 0 spiro atoms. The molecule has 0 aliphatic carbocycles. The van der Waals surface area contributed by atoms with E-state index in [2.05, 4.69) is 17.9 Å². The Kier molecular flexibility index (Phi) is 4.11. The molecule has 1 saturated heterocycles. The highest BCUT2D eigenvalue weighted by Crippen LogP contribution is 2.28. The summed E-state index contributed by atoms with van der Waals surface area (Å²) in [7, 11) is 0. The van der Waals surface area contributed by atoms with Gasteiger partial charge in [-0.15, -0.1) is 0 Å². The molecule has 1 aromatic carbocycles. The zero-order valence-electron chi connectivity index (χ0n) is 10.6. The first-order valence-corrected chi connectivity index (χ1v) is 6.70. The van der Waals surface area contributed by atoms with E-state index in [1.807, 2.05) is 12.1 Å². The summed E-state index contributed by atoms with van der Waals surface area (Å²) < 4.78 is 0. The number of hydrogen-bond acceptors (Lipinski definition) is 3. The molecule has 0 radical (unpaired) electrons. The van der Waals surface area contributed by atoms with Crippen LogP contribution in [0.1, 0.15) is 25.3 Å². The first-order chi connectivity index (χ1) is 8.61. The molecule has 18 heavy (non-hydrogen) atoms. The number of piperidine rings is 1. The van der Waals surface area contributed by atoms with Crippen LogP contribution >= 0.6 is 11.6 Å². The lowest BCUT2D eigenvalue weighted by atomic mass is 9.91. The average molecular weight is 264 g/mol. The quantitative estimate of drug-likeness (QED) is 0.893. The minimum Gasteiger partial charge on any atom is -0.370 e. The third-order valence-corrected chi connectivity index (χ3v) is 3.86. The Morgan fingerprint density at radius 1 is 1.56 bits per heavy atom. The molecule has 3 nitrogen and oxygen atoms in total. The third-order valence-electron chi connectivity index (χ3n) is 3.62. The fraction of sp³-hybridized carbons (Fsp3) is 0.500. The van der Waals surface area contributed by atoms with E-state index in [0.717, 1.165) is 25.2 Å². The van der Waals surface area contributed by atoms with Crippen LogP contribution in [-0.2, 0) is 0 Å². The second-order valence-electron chi connectivity index (χ2n) is 4.98. The molecule has 2 N–H and O–H groups in total. The second-order valence-corrected chi connectivity index (χ2v) is 5.42. The van der Waals surface area contributed by atoms with Crippen molar-refractivity contribution in [3.8, 4) is 6.07 Å². The lowest BCUT2D eigenvalue weighted by molar-refractivity contribution is 0.364. The first-order valence-electron chi connectivity index (χ1n) is 6.32. The monoisotopic (exact) mass is 263 g/mol. The molecule has 1 heterocycles. The van der Waals surface area contributed by atoms with Crippen molar-refractivity contribution in [3.63, 3.8) is 0 Å². The van der Waals surface area contributed by atoms with Crippen molar-refractivity contribution in [2.75, 3.05) is 18.0 Å². The summed E-state index contributed by atoms with van der Waals surface area (Å²) >= 11 is 5.92. The van der Waals surface area contributed by atoms with Gasteiger partial charge in [0.25, 0.3) is 0 Å². The van der Waals surface area contributed by atoms with E-state index in [1.165, 1.54) is 6.42 Å². The molecule has 4 heteroatoms. The Morgan fingerprint density at radius 2 is 2.33 bits per heavy atom. The Morgan fingerprint density at radius 3 is 3.00 bits per heavy atom. The standard InChI is InChI=1S/C14H18ClN3/c1-10(17)11-3-2-6-18(9-11)14-5-4-13(15)7-12(14)8-16/h4-5,7,10-11H,2-3,6,9,17H2,1H3. The molecule has 2 unspecified atom stereocenters. The number of benzene rings is 1. The van der Waals surface area contributed by atoms with Gasteiger partial charge in [0.15, 0.2) is 0 Å². The van der Waals surface area contributed by atoms with Crippen LogP contribution in [0.4, 0.5) is 5.69 Å². The fourth-order valence-corrected chi connectivity index (χ4v) is 2.70. The van der Waals surface area contributed by atoms with Gasteiger partial charge in [0.05, 0.1) is 11.3 Å². The number of halogens is 1. The Hall–Kier alpha value is -1.24. The van der Waals surface area contributed by atoms with E-state index in [0.29, 0.717) is 16.5 Å². The lowest BCUT2D eigenvalue weighted by Crippen LogP contribution is -2.42. The molecular formula is C14H18ClN3. The zero-order valence-corrected chi connectivity index (χ0v) is 11.3. The van der Waals surface area contributed by atoms with E-state index in [9.17, 15) is 5.26 Å². The molecule has 2 atom stereocenters. The van der Waals surface area contributed by atoms with Gasteiger partial charge in [0.1, 0.15) is 6.07 Å². The van der Waals surface area contributed by atoms with Crippen LogP contribution in [0.25, 0.3) is 0 Å². The van der Waals surface area contributed by atoms with Crippen LogP contribution in [-0.4, -0.2) is 19.1 Å². The van der Waals surface area contributed by atoms with Crippen LogP contribution in [0.15, 0.2) is 18.2 Å². The molecule has 0 aromatic heterocycles. The minimum atomic E-state index is 0.200. The molecule has 0 bridgehead atoms. The van der Waals surface area contributed by atoms with Gasteiger partial charge in [-0.2, -0.15) is 5.26 Å². The molecular weight excluding hydrogens is 246 g/mol. The van der Waals surface area contributed by atoms with Crippen molar-refractivity contribution in [2.45, 2.75) is 25.8 Å². The fourth-order valence-electron chi connectivity index (χ4n) is 2.53. The van der Waals surface area contributed by atoms with Gasteiger partial charge in [0.2, 0.25) is 0 Å². The minimum absolute atomic E-state index is 0.200. The molecule has 1 aromatic rings. The van der Waals surface area contributed by atoms with Crippen LogP contribution in [0.5, 0.6) is 0 Å². The van der Waals surface area contributed by atoms with Crippen LogP contribution < -0.4 is 10.6 Å². The SMILES string of the molecule is CC(N)C1CCCN(c2ccc(Cl)cc2C#N)C1. The van der Waals surface area contributed by atoms with Crippen LogP contribution in [0.2, 0.25) is 5.02 Å². The number of hydrogen-bond donors (Lipinski definition) is 1. The number of nitrogens with two attached hydrogens (primary N) is 1. The van der Waals surface area contributed by atoms with E-state index in [1.54, 1.807) is 6.07 Å². The molecule has 1 aliphatic rings. The van der Waals surface area contributed by atoms with Gasteiger partial charge in [0, 0.05) is 24.2 Å². The van der Waals surface area contributed by atoms with Gasteiger partial charge in [-0.1, -0.05) is 11.6 Å². The predicted octanol–water partition coefficient (Wildman–Crippen LogP) is 2.78. The summed E-state index contributed by atoms with van der Waals surface area (Å²) in [6.45, 7) is 3.97. The summed E-state index contributed by atoms with van der Waals surface area (Å²) in [5.74, 6) is 0.501. The van der Waals surface area contributed by atoms with E-state index >= 15 is 0 Å². The molecule has 2 rings (SSSR count). The summed E-state index contributed by atoms with van der Waals surface area (Å²) in [6, 6.07) is 7.92. The highest BCUT2D eigenvalue weighted by Gasteiger charge is 2.24. The highest BCUT2D eigenvalue weighted by atomic mass is 35.5. The Bertz CT molecular complexity index is 465. The van der Waals surface area contributed by atoms with Crippen molar-refractivity contribution < 1.29 is 0 Å². The van der Waals surface area contributed by atoms with Crippen LogP contribution in [0, 0.1) is 17.2 Å². The van der Waals surface area contributed by atoms with Crippen molar-refractivity contribution in [1.82, 2.24) is 0 Å². The van der Waals surface area contributed by atoms with Gasteiger partial charge in [-0.3, -0.25) is 0 Å². The van der Waals surface area contributed by atoms with Crippen molar-refractivity contribution in [1.29, 1.82) is 5.26 Å². The highest BCUT2D eigenvalue weighted by molar-refractivity contribution is 6.30. The number of nitrogens with zero attached hydrogens (tertiary/aromatic N) is 2. The van der Waals surface area contributed by atoms with Gasteiger partial charge >= 0.3 is 0 Å². The summed E-state index contributed by atoms with van der Waals surface area (Å²) in [5.41, 5.74) is 7.61. The van der Waals surface area contributed by atoms with E-state index in [4.69, 9.17) is 17.3 Å². The summed E-state index contributed by atoms with van der Waals surface area (Å²) in [4.78, 5) is 2.26. The summed E-state index contributed by atoms with van der Waals surface area (Å²) in [6.07, 6.45) is 2.29. The Balaban J connectivity index is 2.23. The normalized spacial score (nSPS) is 21.4. The third kappa shape index (κ3) is 2.77. The second kappa shape index (κ2) is 5.60. The van der Waals surface area contributed by atoms with Gasteiger partial charge in [-0.05, 0) is 43.9 Å². The van der Waals surface area contributed by atoms with Gasteiger partial charge < -0.3 is 10.6 Å². The average Bonchev–Trinajstić information content (AvgIpc) is 2.38. The van der Waals surface area contributed by atoms with Crippen LogP contribution in [0.3, 0.4) is 0 Å². The number of rotatable bonds is 2. The number of nitriles is 1. The largest absolute Gasteiger partial charge is 0.370 e. The molecule has 96 valence electrons. The van der Waals surface area contributed by atoms with Crippen molar-refractivity contribution in [3.05, 3.63) is 28.8 Å². The molecule has 1 aliphatic heterocycles.